The van der Waals surface area contributed by atoms with Crippen molar-refractivity contribution in [2.24, 2.45) is 13.0 Å². The number of rotatable bonds is 2. The number of urea groups is 1. The predicted octanol–water partition coefficient (Wildman–Crippen LogP) is 2.28. The highest BCUT2D eigenvalue weighted by Crippen LogP contribution is 2.26. The van der Waals surface area contributed by atoms with Crippen LogP contribution in [-0.4, -0.2) is 44.8 Å². The summed E-state index contributed by atoms with van der Waals surface area (Å²) in [6, 6.07) is 0.456. The van der Waals surface area contributed by atoms with Gasteiger partial charge in [0, 0.05) is 32.1 Å². The minimum absolute atomic E-state index is 0.103. The third kappa shape index (κ3) is 3.42. The molecule has 0 spiro atoms. The molecule has 1 aliphatic carbocycles. The van der Waals surface area contributed by atoms with E-state index in [-0.39, 0.29) is 6.03 Å². The number of hydrogen-bond donors (Lipinski definition) is 1. The van der Waals surface area contributed by atoms with E-state index in [1.807, 2.05) is 16.5 Å². The lowest BCUT2D eigenvalue weighted by Gasteiger charge is -2.35. The molecule has 6 nitrogen and oxygen atoms in total. The molecule has 0 bridgehead atoms. The number of amides is 2. The summed E-state index contributed by atoms with van der Waals surface area (Å²) in [6.07, 6.45) is 8.61. The van der Waals surface area contributed by atoms with Crippen LogP contribution < -0.4 is 5.32 Å². The van der Waals surface area contributed by atoms with Crippen molar-refractivity contribution in [2.75, 3.05) is 13.1 Å². The molecular weight excluding hydrogens is 278 g/mol. The highest BCUT2D eigenvalue weighted by molar-refractivity contribution is 5.74. The van der Waals surface area contributed by atoms with Crippen LogP contribution in [0.1, 0.15) is 57.2 Å². The van der Waals surface area contributed by atoms with E-state index >= 15 is 0 Å². The second kappa shape index (κ2) is 6.67. The Balaban J connectivity index is 1.57. The van der Waals surface area contributed by atoms with Crippen molar-refractivity contribution in [2.45, 2.75) is 57.4 Å². The van der Waals surface area contributed by atoms with Crippen LogP contribution in [0.4, 0.5) is 4.79 Å². The molecule has 1 saturated carbocycles. The first-order valence-corrected chi connectivity index (χ1v) is 8.53. The first-order valence-electron chi connectivity index (χ1n) is 8.53. The summed E-state index contributed by atoms with van der Waals surface area (Å²) in [6.45, 7) is 3.88. The second-order valence-electron chi connectivity index (χ2n) is 7.00. The Morgan fingerprint density at radius 3 is 2.91 bits per heavy atom. The quantitative estimate of drug-likeness (QED) is 0.912. The molecule has 0 aromatic carbocycles. The van der Waals surface area contributed by atoms with Crippen LogP contribution >= 0.6 is 0 Å². The number of piperidine rings is 1. The number of likely N-dealkylation sites (tertiary alicyclic amines) is 1. The van der Waals surface area contributed by atoms with E-state index in [4.69, 9.17) is 0 Å². The van der Waals surface area contributed by atoms with Crippen molar-refractivity contribution in [1.29, 1.82) is 0 Å². The Morgan fingerprint density at radius 1 is 1.32 bits per heavy atom. The Bertz CT molecular complexity index is 514. The van der Waals surface area contributed by atoms with Crippen molar-refractivity contribution in [3.05, 3.63) is 12.2 Å². The van der Waals surface area contributed by atoms with Gasteiger partial charge in [0.25, 0.3) is 0 Å². The Kier molecular flexibility index (Phi) is 4.64. The van der Waals surface area contributed by atoms with Crippen LogP contribution in [0, 0.1) is 5.92 Å². The Morgan fingerprint density at radius 2 is 2.18 bits per heavy atom. The fourth-order valence-electron chi connectivity index (χ4n) is 3.87. The van der Waals surface area contributed by atoms with Crippen molar-refractivity contribution < 1.29 is 4.79 Å². The monoisotopic (exact) mass is 305 g/mol. The van der Waals surface area contributed by atoms with Crippen molar-refractivity contribution in [3.8, 4) is 0 Å². The number of aromatic nitrogens is 3. The van der Waals surface area contributed by atoms with Gasteiger partial charge in [-0.05, 0) is 31.6 Å². The van der Waals surface area contributed by atoms with E-state index in [1.54, 1.807) is 6.33 Å². The van der Waals surface area contributed by atoms with Crippen LogP contribution in [0.5, 0.6) is 0 Å². The number of carbonyl (C=O) groups is 1. The lowest BCUT2D eigenvalue weighted by atomic mass is 9.87. The van der Waals surface area contributed by atoms with Gasteiger partial charge >= 0.3 is 6.03 Å². The lowest BCUT2D eigenvalue weighted by molar-refractivity contribution is 0.168. The summed E-state index contributed by atoms with van der Waals surface area (Å²) in [5, 5.41) is 11.4. The van der Waals surface area contributed by atoms with Gasteiger partial charge in [0.2, 0.25) is 0 Å². The molecule has 1 aliphatic heterocycles. The molecule has 6 heteroatoms. The highest BCUT2D eigenvalue weighted by atomic mass is 16.2. The number of nitrogens with one attached hydrogen (secondary N) is 1. The highest BCUT2D eigenvalue weighted by Gasteiger charge is 2.29. The molecule has 3 atom stereocenters. The zero-order valence-corrected chi connectivity index (χ0v) is 13.7. The van der Waals surface area contributed by atoms with Crippen molar-refractivity contribution >= 4 is 6.03 Å². The van der Waals surface area contributed by atoms with Gasteiger partial charge in [-0.3, -0.25) is 0 Å². The molecule has 1 N–H and O–H groups in total. The summed E-state index contributed by atoms with van der Waals surface area (Å²) in [5.74, 6) is 2.02. The molecule has 0 unspecified atom stereocenters. The molecule has 2 aliphatic rings. The Hall–Kier alpha value is -1.59. The number of hydrogen-bond acceptors (Lipinski definition) is 3. The van der Waals surface area contributed by atoms with E-state index < -0.39 is 0 Å². The van der Waals surface area contributed by atoms with E-state index in [0.717, 1.165) is 50.5 Å². The minimum Gasteiger partial charge on any atom is -0.335 e. The zero-order valence-electron chi connectivity index (χ0n) is 13.7. The normalized spacial score (nSPS) is 29.4. The number of aryl methyl sites for hydroxylation is 1. The molecule has 3 rings (SSSR count). The SMILES string of the molecule is C[C@@H]1CCC[C@H](NC(=O)N2CCC[C@@H](c3nncn3C)C2)C1. The van der Waals surface area contributed by atoms with E-state index in [1.165, 1.54) is 12.8 Å². The third-order valence-corrected chi connectivity index (χ3v) is 5.08. The van der Waals surface area contributed by atoms with E-state index in [9.17, 15) is 4.79 Å². The zero-order chi connectivity index (χ0) is 15.5. The largest absolute Gasteiger partial charge is 0.335 e. The number of nitrogens with zero attached hydrogens (tertiary/aromatic N) is 4. The fourth-order valence-corrected chi connectivity index (χ4v) is 3.87. The first-order chi connectivity index (χ1) is 10.6. The summed E-state index contributed by atoms with van der Waals surface area (Å²) >= 11 is 0. The maximum atomic E-state index is 12.5. The van der Waals surface area contributed by atoms with Crippen LogP contribution in [-0.2, 0) is 7.05 Å². The average molecular weight is 305 g/mol. The van der Waals surface area contributed by atoms with E-state index in [0.29, 0.717) is 12.0 Å². The molecule has 2 heterocycles. The van der Waals surface area contributed by atoms with Gasteiger partial charge in [0.15, 0.2) is 0 Å². The predicted molar refractivity (Wildman–Crippen MR) is 84.5 cm³/mol. The van der Waals surface area contributed by atoms with Crippen LogP contribution in [0.25, 0.3) is 0 Å². The maximum absolute atomic E-state index is 12.5. The van der Waals surface area contributed by atoms with Gasteiger partial charge < -0.3 is 14.8 Å². The Labute approximate surface area is 132 Å². The maximum Gasteiger partial charge on any atom is 0.317 e. The number of carbonyl (C=O) groups excluding carboxylic acids is 1. The average Bonchev–Trinajstić information content (AvgIpc) is 2.93. The summed E-state index contributed by atoms with van der Waals surface area (Å²) in [5.41, 5.74) is 0. The molecule has 22 heavy (non-hydrogen) atoms. The van der Waals surface area contributed by atoms with Gasteiger partial charge in [-0.1, -0.05) is 19.8 Å². The van der Waals surface area contributed by atoms with Crippen molar-refractivity contribution in [1.82, 2.24) is 25.0 Å². The van der Waals surface area contributed by atoms with Gasteiger partial charge in [0.05, 0.1) is 0 Å². The van der Waals surface area contributed by atoms with Gasteiger partial charge in [-0.25, -0.2) is 4.79 Å². The molecule has 1 saturated heterocycles. The first kappa shape index (κ1) is 15.3. The molecular formula is C16H27N5O. The standard InChI is InChI=1S/C16H27N5O/c1-12-5-3-7-14(9-12)18-16(22)21-8-4-6-13(10-21)15-19-17-11-20(15)2/h11-14H,3-10H2,1-2H3,(H,18,22)/t12-,13-,14+/m1/s1. The van der Waals surface area contributed by atoms with E-state index in [2.05, 4.69) is 22.4 Å². The van der Waals surface area contributed by atoms with Crippen LogP contribution in [0.2, 0.25) is 0 Å². The van der Waals surface area contributed by atoms with Gasteiger partial charge in [0.1, 0.15) is 12.2 Å². The molecule has 2 amide bonds. The third-order valence-electron chi connectivity index (χ3n) is 5.08. The van der Waals surface area contributed by atoms with Crippen LogP contribution in [0.15, 0.2) is 6.33 Å². The second-order valence-corrected chi connectivity index (χ2v) is 7.00. The summed E-state index contributed by atoms with van der Waals surface area (Å²) < 4.78 is 1.97. The van der Waals surface area contributed by atoms with Crippen molar-refractivity contribution in [3.63, 3.8) is 0 Å². The van der Waals surface area contributed by atoms with Crippen LogP contribution in [0.3, 0.4) is 0 Å². The lowest BCUT2D eigenvalue weighted by Crippen LogP contribution is -2.49. The summed E-state index contributed by atoms with van der Waals surface area (Å²) in [7, 11) is 1.97. The molecule has 1 aromatic heterocycles. The topological polar surface area (TPSA) is 63.1 Å². The molecule has 2 fully saturated rings. The molecule has 0 radical (unpaired) electrons. The minimum atomic E-state index is 0.103. The van der Waals surface area contributed by atoms with Gasteiger partial charge in [-0.15, -0.1) is 10.2 Å². The molecule has 122 valence electrons. The van der Waals surface area contributed by atoms with Gasteiger partial charge in [-0.2, -0.15) is 0 Å². The smallest absolute Gasteiger partial charge is 0.317 e. The molecule has 1 aromatic rings. The fraction of sp³-hybridized carbons (Fsp3) is 0.812. The summed E-state index contributed by atoms with van der Waals surface area (Å²) in [4.78, 5) is 14.5.